The summed E-state index contributed by atoms with van der Waals surface area (Å²) in [6.07, 6.45) is 3.37. The molecule has 84 valence electrons. The van der Waals surface area contributed by atoms with E-state index in [1.807, 2.05) is 0 Å². The van der Waals surface area contributed by atoms with Crippen molar-refractivity contribution in [3.05, 3.63) is 0 Å². The lowest BCUT2D eigenvalue weighted by Gasteiger charge is -2.21. The van der Waals surface area contributed by atoms with Crippen molar-refractivity contribution >= 4 is 37.2 Å². The molecule has 0 saturated carbocycles. The average molecular weight is 247 g/mol. The van der Waals surface area contributed by atoms with Gasteiger partial charge < -0.3 is 0 Å². The maximum absolute atomic E-state index is 11.6. The Morgan fingerprint density at radius 1 is 1.47 bits per heavy atom. The molecular weight excluding hydrogens is 233 g/mol. The third-order valence-electron chi connectivity index (χ3n) is 2.01. The zero-order valence-corrected chi connectivity index (χ0v) is 10.4. The number of carbonyl (C=O) groups excluding carboxylic acids is 3. The van der Waals surface area contributed by atoms with Gasteiger partial charge in [-0.2, -0.15) is 0 Å². The molecule has 0 N–H and O–H groups in total. The minimum absolute atomic E-state index is 0.0175. The van der Waals surface area contributed by atoms with Gasteiger partial charge in [-0.05, 0) is 15.0 Å². The van der Waals surface area contributed by atoms with Crippen LogP contribution in [-0.4, -0.2) is 27.1 Å². The van der Waals surface area contributed by atoms with E-state index in [1.54, 1.807) is 0 Å². The van der Waals surface area contributed by atoms with Gasteiger partial charge in [-0.1, -0.05) is 19.8 Å². The van der Waals surface area contributed by atoms with E-state index in [2.05, 4.69) is 6.92 Å². The lowest BCUT2D eigenvalue weighted by Crippen LogP contribution is -2.35. The van der Waals surface area contributed by atoms with Crippen molar-refractivity contribution < 1.29 is 14.4 Å². The Morgan fingerprint density at radius 3 is 2.87 bits per heavy atom. The van der Waals surface area contributed by atoms with Gasteiger partial charge in [0.15, 0.2) is 0 Å². The normalized spacial score (nSPS) is 18.6. The fraction of sp³-hybridized carbons (Fsp3) is 0.667. The van der Waals surface area contributed by atoms with Crippen LogP contribution < -0.4 is 0 Å². The van der Waals surface area contributed by atoms with Crippen LogP contribution in [0.15, 0.2) is 0 Å². The SMILES string of the molecule is CCCCCC(=O)N1SC(=O)PCC1=O. The van der Waals surface area contributed by atoms with E-state index in [4.69, 9.17) is 0 Å². The number of hydrogen-bond donors (Lipinski definition) is 0. The molecule has 2 amide bonds. The maximum Gasteiger partial charge on any atom is 0.244 e. The van der Waals surface area contributed by atoms with Crippen LogP contribution in [0.25, 0.3) is 0 Å². The standard InChI is InChI=1S/C9H14NO3PS/c1-2-3-4-5-7(11)10-8(12)6-14-9(13)15-10/h14H,2-6H2,1H3. The molecule has 0 radical (unpaired) electrons. The van der Waals surface area contributed by atoms with Crippen molar-refractivity contribution in [1.82, 2.24) is 4.31 Å². The molecule has 0 aromatic heterocycles. The van der Waals surface area contributed by atoms with Crippen LogP contribution in [0.5, 0.6) is 0 Å². The number of imide groups is 1. The topological polar surface area (TPSA) is 54.5 Å². The Kier molecular flexibility index (Phi) is 5.26. The summed E-state index contributed by atoms with van der Waals surface area (Å²) < 4.78 is 1.04. The average Bonchev–Trinajstić information content (AvgIpc) is 2.22. The molecule has 1 aliphatic rings. The maximum atomic E-state index is 11.6. The summed E-state index contributed by atoms with van der Waals surface area (Å²) in [4.78, 5) is 33.9. The Bertz CT molecular complexity index is 283. The van der Waals surface area contributed by atoms with Gasteiger partial charge in [0.2, 0.25) is 16.7 Å². The van der Waals surface area contributed by atoms with Crippen molar-refractivity contribution in [3.63, 3.8) is 0 Å². The van der Waals surface area contributed by atoms with Gasteiger partial charge in [-0.25, -0.2) is 4.31 Å². The van der Waals surface area contributed by atoms with Crippen LogP contribution in [0.3, 0.4) is 0 Å². The molecule has 6 heteroatoms. The second kappa shape index (κ2) is 6.23. The summed E-state index contributed by atoms with van der Waals surface area (Å²) in [5, 5.41) is 0. The molecule has 0 aliphatic carbocycles. The Labute approximate surface area is 95.1 Å². The molecule has 1 unspecified atom stereocenters. The van der Waals surface area contributed by atoms with Gasteiger partial charge in [0.05, 0.1) is 6.16 Å². The summed E-state index contributed by atoms with van der Waals surface area (Å²) in [5.41, 5.74) is 0. The Morgan fingerprint density at radius 2 is 2.20 bits per heavy atom. The first-order valence-corrected chi connectivity index (χ1v) is 6.94. The first-order valence-electron chi connectivity index (χ1n) is 4.96. The zero-order chi connectivity index (χ0) is 11.3. The highest BCUT2D eigenvalue weighted by atomic mass is 32.2. The predicted octanol–water partition coefficient (Wildman–Crippen LogP) is 2.38. The van der Waals surface area contributed by atoms with Crippen molar-refractivity contribution in [2.24, 2.45) is 0 Å². The third-order valence-corrected chi connectivity index (χ3v) is 4.24. The quantitative estimate of drug-likeness (QED) is 0.435. The van der Waals surface area contributed by atoms with Crippen molar-refractivity contribution in [2.45, 2.75) is 32.6 Å². The molecule has 0 aromatic carbocycles. The molecule has 0 aromatic rings. The van der Waals surface area contributed by atoms with E-state index in [1.165, 1.54) is 0 Å². The first kappa shape index (κ1) is 12.7. The molecule has 1 atom stereocenters. The predicted molar refractivity (Wildman–Crippen MR) is 62.2 cm³/mol. The van der Waals surface area contributed by atoms with Crippen LogP contribution in [-0.2, 0) is 9.59 Å². The second-order valence-electron chi connectivity index (χ2n) is 3.27. The van der Waals surface area contributed by atoms with Crippen molar-refractivity contribution in [1.29, 1.82) is 0 Å². The molecule has 0 bridgehead atoms. The highest BCUT2D eigenvalue weighted by Gasteiger charge is 2.29. The molecule has 0 spiro atoms. The first-order chi connectivity index (χ1) is 7.15. The molecule has 15 heavy (non-hydrogen) atoms. The molecule has 4 nitrogen and oxygen atoms in total. The monoisotopic (exact) mass is 247 g/mol. The van der Waals surface area contributed by atoms with E-state index < -0.39 is 0 Å². The largest absolute Gasteiger partial charge is 0.280 e. The van der Waals surface area contributed by atoms with Gasteiger partial charge >= 0.3 is 0 Å². The molecule has 1 rings (SSSR count). The van der Waals surface area contributed by atoms with Crippen LogP contribution in [0, 0.1) is 0 Å². The van der Waals surface area contributed by atoms with E-state index in [9.17, 15) is 14.4 Å². The molecular formula is C9H14NO3PS. The minimum atomic E-state index is -0.226. The summed E-state index contributed by atoms with van der Waals surface area (Å²) >= 11 is 0.768. The molecule has 1 aliphatic heterocycles. The minimum Gasteiger partial charge on any atom is -0.280 e. The van der Waals surface area contributed by atoms with Gasteiger partial charge in [-0.3, -0.25) is 14.4 Å². The number of hydrogen-bond acceptors (Lipinski definition) is 4. The lowest BCUT2D eigenvalue weighted by molar-refractivity contribution is -0.136. The summed E-state index contributed by atoms with van der Waals surface area (Å²) in [6.45, 7) is 2.05. The van der Waals surface area contributed by atoms with Crippen molar-refractivity contribution in [2.75, 3.05) is 6.16 Å². The van der Waals surface area contributed by atoms with Gasteiger partial charge in [0.25, 0.3) is 0 Å². The van der Waals surface area contributed by atoms with Crippen LogP contribution in [0.4, 0.5) is 4.79 Å². The van der Waals surface area contributed by atoms with E-state index in [0.29, 0.717) is 6.42 Å². The Hall–Kier alpha value is -0.410. The highest BCUT2D eigenvalue weighted by molar-refractivity contribution is 8.22. The van der Waals surface area contributed by atoms with Crippen LogP contribution >= 0.6 is 20.5 Å². The lowest BCUT2D eigenvalue weighted by atomic mass is 10.2. The van der Waals surface area contributed by atoms with Crippen LogP contribution in [0.2, 0.25) is 0 Å². The smallest absolute Gasteiger partial charge is 0.244 e. The number of unbranched alkanes of at least 4 members (excludes halogenated alkanes) is 2. The molecule has 1 saturated heterocycles. The third kappa shape index (κ3) is 3.92. The Balaban J connectivity index is 2.42. The van der Waals surface area contributed by atoms with Gasteiger partial charge in [-0.15, -0.1) is 0 Å². The van der Waals surface area contributed by atoms with E-state index in [-0.39, 0.29) is 31.4 Å². The second-order valence-corrected chi connectivity index (χ2v) is 5.71. The number of rotatable bonds is 4. The van der Waals surface area contributed by atoms with Crippen LogP contribution in [0.1, 0.15) is 32.6 Å². The summed E-state index contributed by atoms with van der Waals surface area (Å²) in [7, 11) is 0.0175. The summed E-state index contributed by atoms with van der Waals surface area (Å²) in [5.74, 6) is -0.448. The fourth-order valence-electron chi connectivity index (χ4n) is 1.20. The highest BCUT2D eigenvalue weighted by Crippen LogP contribution is 2.32. The van der Waals surface area contributed by atoms with E-state index >= 15 is 0 Å². The fourth-order valence-corrected chi connectivity index (χ4v) is 3.05. The number of amides is 2. The zero-order valence-electron chi connectivity index (χ0n) is 8.62. The summed E-state index contributed by atoms with van der Waals surface area (Å²) in [6, 6.07) is 0. The number of nitrogens with zero attached hydrogens (tertiary/aromatic N) is 1. The van der Waals surface area contributed by atoms with E-state index in [0.717, 1.165) is 35.5 Å². The number of carbonyl (C=O) groups is 3. The molecule has 1 fully saturated rings. The van der Waals surface area contributed by atoms with Crippen molar-refractivity contribution in [3.8, 4) is 0 Å². The van der Waals surface area contributed by atoms with Gasteiger partial charge in [0, 0.05) is 18.4 Å². The van der Waals surface area contributed by atoms with Gasteiger partial charge in [0.1, 0.15) is 0 Å². The molecule has 1 heterocycles.